The number of non-ortho nitro benzene ring substituents is 1. The van der Waals surface area contributed by atoms with Crippen molar-refractivity contribution in [3.05, 3.63) is 75.8 Å². The Morgan fingerprint density at radius 3 is 2.25 bits per heavy atom. The van der Waals surface area contributed by atoms with E-state index >= 15 is 0 Å². The molecule has 0 aromatic heterocycles. The predicted molar refractivity (Wildman–Crippen MR) is 80.2 cm³/mol. The van der Waals surface area contributed by atoms with Gasteiger partial charge in [0.2, 0.25) is 0 Å². The quantitative estimate of drug-likeness (QED) is 0.475. The standard InChI is InChI=1S/C16H16N2O2/c1-12(14-6-4-3-5-7-14)17-13(2)15-8-10-16(11-9-15)18(19)20/h3-12H,1-2H3/t12-/m1/s1. The molecule has 2 aromatic rings. The van der Waals surface area contributed by atoms with Crippen LogP contribution in [-0.2, 0) is 0 Å². The summed E-state index contributed by atoms with van der Waals surface area (Å²) < 4.78 is 0. The van der Waals surface area contributed by atoms with Crippen molar-refractivity contribution < 1.29 is 4.92 Å². The van der Waals surface area contributed by atoms with Crippen molar-refractivity contribution >= 4 is 11.4 Å². The summed E-state index contributed by atoms with van der Waals surface area (Å²) in [5.74, 6) is 0. The Morgan fingerprint density at radius 1 is 1.10 bits per heavy atom. The second kappa shape index (κ2) is 6.10. The molecular formula is C16H16N2O2. The fourth-order valence-electron chi connectivity index (χ4n) is 2.00. The fourth-order valence-corrected chi connectivity index (χ4v) is 2.00. The zero-order chi connectivity index (χ0) is 14.5. The molecule has 2 rings (SSSR count). The Hall–Kier alpha value is -2.49. The Balaban J connectivity index is 2.20. The van der Waals surface area contributed by atoms with E-state index < -0.39 is 4.92 Å². The number of nitrogens with zero attached hydrogens (tertiary/aromatic N) is 2. The zero-order valence-electron chi connectivity index (χ0n) is 11.5. The Kier molecular flexibility index (Phi) is 4.25. The van der Waals surface area contributed by atoms with Gasteiger partial charge in [0.1, 0.15) is 0 Å². The lowest BCUT2D eigenvalue weighted by molar-refractivity contribution is -0.384. The van der Waals surface area contributed by atoms with Gasteiger partial charge >= 0.3 is 0 Å². The third kappa shape index (κ3) is 3.29. The first-order chi connectivity index (χ1) is 9.58. The van der Waals surface area contributed by atoms with E-state index in [4.69, 9.17) is 0 Å². The highest BCUT2D eigenvalue weighted by Crippen LogP contribution is 2.18. The van der Waals surface area contributed by atoms with Gasteiger partial charge in [0.25, 0.3) is 5.69 Å². The third-order valence-corrected chi connectivity index (χ3v) is 3.17. The number of nitro benzene ring substituents is 1. The maximum atomic E-state index is 10.6. The molecule has 1 atom stereocenters. The van der Waals surface area contributed by atoms with Gasteiger partial charge in [-0.25, -0.2) is 0 Å². The van der Waals surface area contributed by atoms with Gasteiger partial charge < -0.3 is 0 Å². The highest BCUT2D eigenvalue weighted by molar-refractivity contribution is 5.99. The average Bonchev–Trinajstić information content (AvgIpc) is 2.48. The van der Waals surface area contributed by atoms with Crippen LogP contribution in [0.4, 0.5) is 5.69 Å². The van der Waals surface area contributed by atoms with E-state index in [2.05, 4.69) is 4.99 Å². The summed E-state index contributed by atoms with van der Waals surface area (Å²) in [7, 11) is 0. The molecule has 0 aliphatic heterocycles. The van der Waals surface area contributed by atoms with Crippen molar-refractivity contribution in [2.75, 3.05) is 0 Å². The molecule has 0 bridgehead atoms. The molecule has 0 aliphatic rings. The highest BCUT2D eigenvalue weighted by atomic mass is 16.6. The predicted octanol–water partition coefficient (Wildman–Crippen LogP) is 4.17. The van der Waals surface area contributed by atoms with Crippen LogP contribution in [0.15, 0.2) is 59.6 Å². The van der Waals surface area contributed by atoms with Crippen LogP contribution in [0.2, 0.25) is 0 Å². The summed E-state index contributed by atoms with van der Waals surface area (Å²) >= 11 is 0. The number of rotatable bonds is 4. The molecule has 0 radical (unpaired) electrons. The lowest BCUT2D eigenvalue weighted by Crippen LogP contribution is -1.99. The molecule has 4 heteroatoms. The Labute approximate surface area is 117 Å². The number of benzene rings is 2. The molecule has 0 spiro atoms. The van der Waals surface area contributed by atoms with Crippen LogP contribution in [0.1, 0.15) is 31.0 Å². The van der Waals surface area contributed by atoms with E-state index in [1.807, 2.05) is 44.2 Å². The van der Waals surface area contributed by atoms with Crippen molar-refractivity contribution in [1.82, 2.24) is 0 Å². The van der Waals surface area contributed by atoms with Crippen molar-refractivity contribution in [1.29, 1.82) is 0 Å². The minimum atomic E-state index is -0.400. The van der Waals surface area contributed by atoms with E-state index in [0.717, 1.165) is 16.8 Å². The molecule has 0 amide bonds. The van der Waals surface area contributed by atoms with Gasteiger partial charge in [0.05, 0.1) is 11.0 Å². The van der Waals surface area contributed by atoms with Crippen molar-refractivity contribution in [2.24, 2.45) is 4.99 Å². The van der Waals surface area contributed by atoms with E-state index in [1.165, 1.54) is 12.1 Å². The number of hydrogen-bond acceptors (Lipinski definition) is 3. The fraction of sp³-hybridized carbons (Fsp3) is 0.188. The van der Waals surface area contributed by atoms with Crippen molar-refractivity contribution in [3.8, 4) is 0 Å². The first-order valence-electron chi connectivity index (χ1n) is 6.42. The molecule has 102 valence electrons. The van der Waals surface area contributed by atoms with E-state index in [0.29, 0.717) is 0 Å². The van der Waals surface area contributed by atoms with Crippen LogP contribution < -0.4 is 0 Å². The van der Waals surface area contributed by atoms with Crippen LogP contribution in [0, 0.1) is 10.1 Å². The molecule has 0 saturated carbocycles. The van der Waals surface area contributed by atoms with Crippen LogP contribution in [0.25, 0.3) is 0 Å². The van der Waals surface area contributed by atoms with Crippen LogP contribution >= 0.6 is 0 Å². The smallest absolute Gasteiger partial charge is 0.269 e. The number of aliphatic imine (C=N–C) groups is 1. The summed E-state index contributed by atoms with van der Waals surface area (Å²) in [5.41, 5.74) is 3.01. The first-order valence-corrected chi connectivity index (χ1v) is 6.42. The lowest BCUT2D eigenvalue weighted by Gasteiger charge is -2.09. The topological polar surface area (TPSA) is 55.5 Å². The van der Waals surface area contributed by atoms with Gasteiger partial charge in [-0.2, -0.15) is 0 Å². The van der Waals surface area contributed by atoms with Gasteiger partial charge in [0, 0.05) is 17.8 Å². The van der Waals surface area contributed by atoms with Crippen LogP contribution in [0.5, 0.6) is 0 Å². The molecule has 0 saturated heterocycles. The normalized spacial score (nSPS) is 13.0. The van der Waals surface area contributed by atoms with E-state index in [-0.39, 0.29) is 11.7 Å². The van der Waals surface area contributed by atoms with Gasteiger partial charge in [-0.3, -0.25) is 15.1 Å². The lowest BCUT2D eigenvalue weighted by atomic mass is 10.1. The molecule has 20 heavy (non-hydrogen) atoms. The molecule has 2 aromatic carbocycles. The Morgan fingerprint density at radius 2 is 1.70 bits per heavy atom. The van der Waals surface area contributed by atoms with E-state index in [1.54, 1.807) is 12.1 Å². The van der Waals surface area contributed by atoms with Crippen molar-refractivity contribution in [3.63, 3.8) is 0 Å². The van der Waals surface area contributed by atoms with Gasteiger partial charge in [-0.05, 0) is 37.1 Å². The Bertz CT molecular complexity index is 619. The van der Waals surface area contributed by atoms with Crippen molar-refractivity contribution in [2.45, 2.75) is 19.9 Å². The minimum absolute atomic E-state index is 0.0615. The monoisotopic (exact) mass is 268 g/mol. The van der Waals surface area contributed by atoms with Crippen LogP contribution in [-0.4, -0.2) is 10.6 Å². The largest absolute Gasteiger partial charge is 0.282 e. The number of nitro groups is 1. The minimum Gasteiger partial charge on any atom is -0.282 e. The summed E-state index contributed by atoms with van der Waals surface area (Å²) in [4.78, 5) is 14.9. The summed E-state index contributed by atoms with van der Waals surface area (Å²) in [6.07, 6.45) is 0. The first kappa shape index (κ1) is 13.9. The maximum absolute atomic E-state index is 10.6. The summed E-state index contributed by atoms with van der Waals surface area (Å²) in [6, 6.07) is 16.6. The maximum Gasteiger partial charge on any atom is 0.269 e. The molecular weight excluding hydrogens is 252 g/mol. The number of hydrogen-bond donors (Lipinski definition) is 0. The molecule has 0 heterocycles. The van der Waals surface area contributed by atoms with Gasteiger partial charge in [-0.1, -0.05) is 30.3 Å². The van der Waals surface area contributed by atoms with Crippen LogP contribution in [0.3, 0.4) is 0 Å². The third-order valence-electron chi connectivity index (χ3n) is 3.17. The van der Waals surface area contributed by atoms with Gasteiger partial charge in [-0.15, -0.1) is 0 Å². The molecule has 0 unspecified atom stereocenters. The van der Waals surface area contributed by atoms with Gasteiger partial charge in [0.15, 0.2) is 0 Å². The molecule has 0 aliphatic carbocycles. The molecule has 4 nitrogen and oxygen atoms in total. The summed E-state index contributed by atoms with van der Waals surface area (Å²) in [6.45, 7) is 3.95. The molecule has 0 N–H and O–H groups in total. The average molecular weight is 268 g/mol. The SMILES string of the molecule is CC(=N[C@H](C)c1ccccc1)c1ccc([N+](=O)[O-])cc1. The second-order valence-electron chi connectivity index (χ2n) is 4.61. The highest BCUT2D eigenvalue weighted by Gasteiger charge is 2.07. The second-order valence-corrected chi connectivity index (χ2v) is 4.61. The molecule has 0 fully saturated rings. The summed E-state index contributed by atoms with van der Waals surface area (Å²) in [5, 5.41) is 10.6. The van der Waals surface area contributed by atoms with E-state index in [9.17, 15) is 10.1 Å². The zero-order valence-corrected chi connectivity index (χ0v) is 11.5.